The monoisotopic (exact) mass is 224 g/mol. The van der Waals surface area contributed by atoms with Gasteiger partial charge in [-0.15, -0.1) is 0 Å². The molecule has 0 spiro atoms. The second-order valence-electron chi connectivity index (χ2n) is 4.49. The van der Waals surface area contributed by atoms with Gasteiger partial charge in [-0.3, -0.25) is 0 Å². The molecule has 1 nitrogen and oxygen atoms in total. The van der Waals surface area contributed by atoms with Crippen LogP contribution < -0.4 is 0 Å². The van der Waals surface area contributed by atoms with Gasteiger partial charge in [0.25, 0.3) is 0 Å². The number of aliphatic hydroxyl groups is 1. The van der Waals surface area contributed by atoms with Crippen LogP contribution in [0.3, 0.4) is 0 Å². The van der Waals surface area contributed by atoms with Gasteiger partial charge in [0.05, 0.1) is 5.60 Å². The van der Waals surface area contributed by atoms with Crippen LogP contribution in [0.4, 0.5) is 0 Å². The van der Waals surface area contributed by atoms with E-state index in [1.807, 2.05) is 26.0 Å². The van der Waals surface area contributed by atoms with Gasteiger partial charge >= 0.3 is 0 Å². The molecule has 0 fully saturated rings. The topological polar surface area (TPSA) is 20.2 Å². The quantitative estimate of drug-likeness (QED) is 0.789. The van der Waals surface area contributed by atoms with Crippen LogP contribution >= 0.6 is 0 Å². The third-order valence-electron chi connectivity index (χ3n) is 2.80. The van der Waals surface area contributed by atoms with E-state index in [2.05, 4.69) is 26.0 Å². The van der Waals surface area contributed by atoms with Gasteiger partial charge in [-0.2, -0.15) is 0 Å². The molecule has 0 amide bonds. The maximum atomic E-state index is 9.78. The van der Waals surface area contributed by atoms with Crippen LogP contribution in [0.5, 0.6) is 0 Å². The van der Waals surface area contributed by atoms with Gasteiger partial charge in [0.1, 0.15) is 0 Å². The third kappa shape index (κ3) is 4.36. The highest BCUT2D eigenvalue weighted by molar-refractivity contribution is 5.28. The molecule has 0 saturated carbocycles. The molecule has 16 heavy (non-hydrogen) atoms. The first-order chi connectivity index (χ1) is 6.45. The van der Waals surface area contributed by atoms with E-state index in [9.17, 15) is 5.11 Å². The summed E-state index contributed by atoms with van der Waals surface area (Å²) >= 11 is 0. The molecule has 1 aromatic carbocycles. The Hall–Kier alpha value is -0.820. The van der Waals surface area contributed by atoms with E-state index in [0.717, 1.165) is 12.0 Å². The predicted octanol–water partition coefficient (Wildman–Crippen LogP) is 4.70. The van der Waals surface area contributed by atoms with Crippen LogP contribution in [-0.2, 0) is 5.60 Å². The summed E-state index contributed by atoms with van der Waals surface area (Å²) in [6, 6.07) is 8.26. The van der Waals surface area contributed by atoms with Crippen molar-refractivity contribution in [2.24, 2.45) is 0 Å². The van der Waals surface area contributed by atoms with Gasteiger partial charge in [0.15, 0.2) is 0 Å². The molecule has 0 bridgehead atoms. The molecule has 1 N–H and O–H groups in total. The van der Waals surface area contributed by atoms with E-state index < -0.39 is 5.60 Å². The lowest BCUT2D eigenvalue weighted by Crippen LogP contribution is -2.15. The summed E-state index contributed by atoms with van der Waals surface area (Å²) in [6.07, 6.45) is 1.15. The van der Waals surface area contributed by atoms with E-state index >= 15 is 0 Å². The molecule has 0 heterocycles. The summed E-state index contributed by atoms with van der Waals surface area (Å²) in [5.74, 6) is 0.603. The minimum absolute atomic E-state index is 0. The zero-order chi connectivity index (χ0) is 10.8. The van der Waals surface area contributed by atoms with Crippen molar-refractivity contribution in [3.63, 3.8) is 0 Å². The lowest BCUT2D eigenvalue weighted by Gasteiger charge is -2.18. The fourth-order valence-electron chi connectivity index (χ4n) is 1.46. The van der Waals surface area contributed by atoms with Crippen molar-refractivity contribution in [2.75, 3.05) is 0 Å². The molecular weight excluding hydrogens is 196 g/mol. The molecule has 1 aromatic rings. The molecule has 0 saturated heterocycles. The summed E-state index contributed by atoms with van der Waals surface area (Å²) in [4.78, 5) is 0. The third-order valence-corrected chi connectivity index (χ3v) is 2.80. The molecule has 0 radical (unpaired) electrons. The second kappa shape index (κ2) is 6.70. The Morgan fingerprint density at radius 1 is 1.12 bits per heavy atom. The lowest BCUT2D eigenvalue weighted by atomic mass is 9.93. The van der Waals surface area contributed by atoms with E-state index in [-0.39, 0.29) is 14.9 Å². The molecule has 0 aliphatic rings. The van der Waals surface area contributed by atoms with Gasteiger partial charge in [0.2, 0.25) is 0 Å². The Labute approximate surface area is 102 Å². The highest BCUT2D eigenvalue weighted by Crippen LogP contribution is 2.23. The molecule has 1 heteroatoms. The first-order valence-electron chi connectivity index (χ1n) is 5.28. The molecule has 1 unspecified atom stereocenters. The number of hydrogen-bond acceptors (Lipinski definition) is 1. The number of hydrogen-bond donors (Lipinski definition) is 1. The average molecular weight is 224 g/mol. The van der Waals surface area contributed by atoms with Crippen molar-refractivity contribution in [1.82, 2.24) is 0 Å². The zero-order valence-electron chi connectivity index (χ0n) is 9.54. The van der Waals surface area contributed by atoms with Gasteiger partial charge < -0.3 is 5.11 Å². The standard InChI is InChI=1S/C13H20O.2CH4/c1-5-10(2)11-6-8-12(9-7-11)13(3,4)14;;/h6-10,14H,5H2,1-4H3;2*1H4. The van der Waals surface area contributed by atoms with E-state index in [1.54, 1.807) is 0 Å². The van der Waals surface area contributed by atoms with E-state index in [4.69, 9.17) is 0 Å². The lowest BCUT2D eigenvalue weighted by molar-refractivity contribution is 0.0786. The van der Waals surface area contributed by atoms with Crippen molar-refractivity contribution in [2.45, 2.75) is 60.5 Å². The van der Waals surface area contributed by atoms with Crippen molar-refractivity contribution >= 4 is 0 Å². The van der Waals surface area contributed by atoms with Crippen LogP contribution in [0.25, 0.3) is 0 Å². The van der Waals surface area contributed by atoms with Crippen LogP contribution in [-0.4, -0.2) is 5.11 Å². The Balaban J connectivity index is 0. The van der Waals surface area contributed by atoms with Crippen LogP contribution in [0.2, 0.25) is 0 Å². The SMILES string of the molecule is C.C.CCC(C)c1ccc(C(C)(C)O)cc1. The van der Waals surface area contributed by atoms with Crippen molar-refractivity contribution < 1.29 is 5.11 Å². The van der Waals surface area contributed by atoms with Crippen LogP contribution in [0.1, 0.15) is 66.0 Å². The largest absolute Gasteiger partial charge is 0.386 e. The average Bonchev–Trinajstić information content (AvgIpc) is 2.15. The second-order valence-corrected chi connectivity index (χ2v) is 4.49. The molecule has 0 aliphatic carbocycles. The van der Waals surface area contributed by atoms with E-state index in [1.165, 1.54) is 5.56 Å². The molecule has 1 atom stereocenters. The van der Waals surface area contributed by atoms with Crippen molar-refractivity contribution in [3.8, 4) is 0 Å². The summed E-state index contributed by atoms with van der Waals surface area (Å²) in [7, 11) is 0. The molecule has 1 rings (SSSR count). The summed E-state index contributed by atoms with van der Waals surface area (Å²) in [5.41, 5.74) is 1.60. The van der Waals surface area contributed by atoms with Gasteiger partial charge in [-0.25, -0.2) is 0 Å². The Morgan fingerprint density at radius 3 is 1.88 bits per heavy atom. The first-order valence-corrected chi connectivity index (χ1v) is 5.28. The zero-order valence-corrected chi connectivity index (χ0v) is 9.54. The van der Waals surface area contributed by atoms with Crippen molar-refractivity contribution in [3.05, 3.63) is 35.4 Å². The highest BCUT2D eigenvalue weighted by Gasteiger charge is 2.15. The fraction of sp³-hybridized carbons (Fsp3) is 0.600. The molecule has 94 valence electrons. The molecule has 0 aromatic heterocycles. The predicted molar refractivity (Wildman–Crippen MR) is 73.9 cm³/mol. The smallest absolute Gasteiger partial charge is 0.0840 e. The summed E-state index contributed by atoms with van der Waals surface area (Å²) in [6.45, 7) is 8.03. The summed E-state index contributed by atoms with van der Waals surface area (Å²) in [5, 5.41) is 9.78. The number of benzene rings is 1. The van der Waals surface area contributed by atoms with E-state index in [0.29, 0.717) is 5.92 Å². The normalized spacial score (nSPS) is 12.3. The Morgan fingerprint density at radius 2 is 1.56 bits per heavy atom. The Kier molecular flexibility index (Phi) is 7.35. The number of rotatable bonds is 3. The highest BCUT2D eigenvalue weighted by atomic mass is 16.3. The Bertz CT molecular complexity index is 279. The molecule has 0 aliphatic heterocycles. The maximum Gasteiger partial charge on any atom is 0.0840 e. The maximum absolute atomic E-state index is 9.78. The van der Waals surface area contributed by atoms with Gasteiger partial charge in [-0.1, -0.05) is 53.0 Å². The fourth-order valence-corrected chi connectivity index (χ4v) is 1.46. The van der Waals surface area contributed by atoms with Gasteiger partial charge in [-0.05, 0) is 37.3 Å². The van der Waals surface area contributed by atoms with Crippen LogP contribution in [0.15, 0.2) is 24.3 Å². The van der Waals surface area contributed by atoms with Gasteiger partial charge in [0, 0.05) is 0 Å². The van der Waals surface area contributed by atoms with Crippen LogP contribution in [0, 0.1) is 0 Å². The molecular formula is C15H28O. The minimum Gasteiger partial charge on any atom is -0.386 e. The minimum atomic E-state index is -0.728. The van der Waals surface area contributed by atoms with Crippen molar-refractivity contribution in [1.29, 1.82) is 0 Å². The first kappa shape index (κ1) is 17.6. The summed E-state index contributed by atoms with van der Waals surface area (Å²) < 4.78 is 0.